The summed E-state index contributed by atoms with van der Waals surface area (Å²) in [6, 6.07) is 16.9. The van der Waals surface area contributed by atoms with Gasteiger partial charge < -0.3 is 10.2 Å². The summed E-state index contributed by atoms with van der Waals surface area (Å²) >= 11 is 0. The fourth-order valence-electron chi connectivity index (χ4n) is 5.37. The molecule has 0 bridgehead atoms. The number of aromatic amines is 1. The molecule has 0 saturated carbocycles. The molecule has 5 rings (SSSR count). The number of aromatic nitrogens is 3. The van der Waals surface area contributed by atoms with Crippen LogP contribution in [0.4, 0.5) is 23.4 Å². The normalized spacial score (nSPS) is 15.5. The number of allylic oxidation sites excluding steroid dienone is 1. The third kappa shape index (κ3) is 7.71. The van der Waals surface area contributed by atoms with E-state index < -0.39 is 18.5 Å². The van der Waals surface area contributed by atoms with E-state index in [2.05, 4.69) is 25.4 Å². The molecule has 2 aromatic heterocycles. The Bertz CT molecular complexity index is 1640. The van der Waals surface area contributed by atoms with Crippen molar-refractivity contribution >= 4 is 33.8 Å². The molecule has 0 spiro atoms. The van der Waals surface area contributed by atoms with E-state index in [9.17, 15) is 22.4 Å². The predicted molar refractivity (Wildman–Crippen MR) is 164 cm³/mol. The highest BCUT2D eigenvalue weighted by atomic mass is 19.4. The molecule has 3 heterocycles. The maximum absolute atomic E-state index is 14.4. The van der Waals surface area contributed by atoms with E-state index in [0.717, 1.165) is 25.9 Å². The van der Waals surface area contributed by atoms with E-state index in [1.807, 2.05) is 6.08 Å². The van der Waals surface area contributed by atoms with Gasteiger partial charge >= 0.3 is 6.18 Å². The minimum absolute atomic E-state index is 0.0439. The quantitative estimate of drug-likeness (QED) is 0.129. The summed E-state index contributed by atoms with van der Waals surface area (Å²) in [7, 11) is 3.43. The Morgan fingerprint density at radius 1 is 1.05 bits per heavy atom. The fraction of sp³-hybridized carbons (Fsp3) is 0.303. The largest absolute Gasteiger partial charge is 0.393 e. The van der Waals surface area contributed by atoms with Crippen molar-refractivity contribution in [2.45, 2.75) is 31.5 Å². The van der Waals surface area contributed by atoms with Crippen LogP contribution >= 0.6 is 0 Å². The van der Waals surface area contributed by atoms with Crippen molar-refractivity contribution in [2.24, 2.45) is 0 Å². The summed E-state index contributed by atoms with van der Waals surface area (Å²) in [5.41, 5.74) is 2.17. The van der Waals surface area contributed by atoms with Gasteiger partial charge in [-0.25, -0.2) is 4.98 Å². The number of H-pyrrole nitrogens is 1. The van der Waals surface area contributed by atoms with E-state index in [-0.39, 0.29) is 22.9 Å². The molecule has 4 aromatic rings. The van der Waals surface area contributed by atoms with Crippen molar-refractivity contribution in [3.05, 3.63) is 102 Å². The van der Waals surface area contributed by atoms with Gasteiger partial charge in [0, 0.05) is 57.6 Å². The summed E-state index contributed by atoms with van der Waals surface area (Å²) in [6.45, 7) is 2.41. The SMILES string of the molecule is CN(C)C(=O)C=CCN1CCC(Nc2ccc(/C(=C(/CC(F)(F)F)c3ccccc3)c3ccc4[nH]nc(F)c4c3)cn2)CC1. The molecular formula is C33H34F4N6O. The zero-order valence-corrected chi connectivity index (χ0v) is 24.5. The Morgan fingerprint density at radius 2 is 1.77 bits per heavy atom. The average molecular weight is 607 g/mol. The summed E-state index contributed by atoms with van der Waals surface area (Å²) in [5, 5.41) is 9.84. The first-order valence-electron chi connectivity index (χ1n) is 14.4. The maximum atomic E-state index is 14.4. The van der Waals surface area contributed by atoms with Gasteiger partial charge in [0.2, 0.25) is 11.9 Å². The number of carbonyl (C=O) groups excluding carboxylic acids is 1. The molecule has 2 N–H and O–H groups in total. The first-order chi connectivity index (χ1) is 21.1. The van der Waals surface area contributed by atoms with Gasteiger partial charge in [0.25, 0.3) is 0 Å². The number of likely N-dealkylation sites (tertiary alicyclic amines) is 1. The van der Waals surface area contributed by atoms with E-state index in [1.54, 1.807) is 81.0 Å². The van der Waals surface area contributed by atoms with Crippen LogP contribution in [-0.4, -0.2) is 76.8 Å². The molecule has 2 aromatic carbocycles. The second kappa shape index (κ2) is 13.4. The Hall–Kier alpha value is -4.51. The van der Waals surface area contributed by atoms with Crippen LogP contribution in [-0.2, 0) is 4.79 Å². The lowest BCUT2D eigenvalue weighted by molar-refractivity contribution is -0.124. The highest BCUT2D eigenvalue weighted by molar-refractivity contribution is 6.00. The van der Waals surface area contributed by atoms with Crippen molar-refractivity contribution in [3.63, 3.8) is 0 Å². The molecule has 0 atom stereocenters. The predicted octanol–water partition coefficient (Wildman–Crippen LogP) is 6.53. The van der Waals surface area contributed by atoms with E-state index in [0.29, 0.717) is 40.1 Å². The Morgan fingerprint density at radius 3 is 2.43 bits per heavy atom. The van der Waals surface area contributed by atoms with Gasteiger partial charge in [0.1, 0.15) is 5.82 Å². The number of halogens is 4. The number of benzene rings is 2. The van der Waals surface area contributed by atoms with Crippen molar-refractivity contribution < 1.29 is 22.4 Å². The molecule has 44 heavy (non-hydrogen) atoms. The number of amides is 1. The molecule has 11 heteroatoms. The van der Waals surface area contributed by atoms with Crippen molar-refractivity contribution in [2.75, 3.05) is 39.0 Å². The van der Waals surface area contributed by atoms with Gasteiger partial charge in [0.05, 0.1) is 17.3 Å². The second-order valence-corrected chi connectivity index (χ2v) is 11.1. The van der Waals surface area contributed by atoms with Crippen LogP contribution in [0.3, 0.4) is 0 Å². The number of rotatable bonds is 9. The molecule has 1 aliphatic rings. The van der Waals surface area contributed by atoms with Crippen molar-refractivity contribution in [1.82, 2.24) is 25.0 Å². The minimum atomic E-state index is -4.48. The average Bonchev–Trinajstić information content (AvgIpc) is 3.38. The molecule has 1 aliphatic heterocycles. The summed E-state index contributed by atoms with van der Waals surface area (Å²) < 4.78 is 56.4. The standard InChI is InChI=1S/C33H34F4N6O/c1-42(2)30(44)9-6-16-43-17-14-25(15-18-43)39-29-13-11-24(21-38-29)31(23-10-12-28-26(19-23)32(34)41-40-28)27(20-33(35,36)37)22-7-4-3-5-8-22/h3-13,19,21,25H,14-18,20H2,1-2H3,(H,38,39)(H,40,41)/b9-6?,31-27-. The minimum Gasteiger partial charge on any atom is -0.367 e. The number of anilines is 1. The number of pyridine rings is 1. The topological polar surface area (TPSA) is 77.2 Å². The second-order valence-electron chi connectivity index (χ2n) is 11.1. The zero-order chi connectivity index (χ0) is 31.3. The molecule has 1 saturated heterocycles. The van der Waals surface area contributed by atoms with Crippen molar-refractivity contribution in [1.29, 1.82) is 0 Å². The lowest BCUT2D eigenvalue weighted by atomic mass is 9.88. The summed E-state index contributed by atoms with van der Waals surface area (Å²) in [4.78, 5) is 20.1. The van der Waals surface area contributed by atoms with Gasteiger partial charge in [-0.1, -0.05) is 42.5 Å². The van der Waals surface area contributed by atoms with Crippen LogP contribution in [0, 0.1) is 5.95 Å². The molecule has 0 unspecified atom stereocenters. The van der Waals surface area contributed by atoms with E-state index in [1.165, 1.54) is 11.0 Å². The highest BCUT2D eigenvalue weighted by Crippen LogP contribution is 2.40. The van der Waals surface area contributed by atoms with Crippen LogP contribution in [0.25, 0.3) is 22.0 Å². The number of alkyl halides is 3. The molecule has 0 radical (unpaired) electrons. The Labute approximate surface area is 253 Å². The van der Waals surface area contributed by atoms with Crippen LogP contribution < -0.4 is 5.32 Å². The number of nitrogens with one attached hydrogen (secondary N) is 2. The van der Waals surface area contributed by atoms with Gasteiger partial charge in [0.15, 0.2) is 0 Å². The Balaban J connectivity index is 1.40. The monoisotopic (exact) mass is 606 g/mol. The van der Waals surface area contributed by atoms with Crippen LogP contribution in [0.15, 0.2) is 79.0 Å². The molecule has 0 aliphatic carbocycles. The molecule has 230 valence electrons. The van der Waals surface area contributed by atoms with E-state index >= 15 is 0 Å². The molecule has 1 fully saturated rings. The summed E-state index contributed by atoms with van der Waals surface area (Å²) in [5.74, 6) is -0.144. The lowest BCUT2D eigenvalue weighted by Crippen LogP contribution is -2.39. The molecular weight excluding hydrogens is 572 g/mol. The van der Waals surface area contributed by atoms with Gasteiger partial charge in [-0.3, -0.25) is 14.8 Å². The van der Waals surface area contributed by atoms with Gasteiger partial charge in [-0.05, 0) is 59.4 Å². The fourth-order valence-corrected chi connectivity index (χ4v) is 5.37. The number of hydrogen-bond acceptors (Lipinski definition) is 5. The van der Waals surface area contributed by atoms with Crippen LogP contribution in [0.1, 0.15) is 36.0 Å². The van der Waals surface area contributed by atoms with Gasteiger partial charge in [-0.2, -0.15) is 17.6 Å². The third-order valence-electron chi connectivity index (χ3n) is 7.66. The van der Waals surface area contributed by atoms with Crippen molar-refractivity contribution in [3.8, 4) is 0 Å². The summed E-state index contributed by atoms with van der Waals surface area (Å²) in [6.07, 6.45) is 1.13. The number of piperidine rings is 1. The Kier molecular flexibility index (Phi) is 9.43. The number of likely N-dealkylation sites (N-methyl/N-ethyl adjacent to an activating group) is 1. The van der Waals surface area contributed by atoms with Gasteiger partial charge in [-0.15, -0.1) is 5.10 Å². The molecule has 7 nitrogen and oxygen atoms in total. The first kappa shape index (κ1) is 30.9. The number of hydrogen-bond donors (Lipinski definition) is 2. The molecule has 1 amide bonds. The highest BCUT2D eigenvalue weighted by Gasteiger charge is 2.32. The van der Waals surface area contributed by atoms with Crippen LogP contribution in [0.2, 0.25) is 0 Å². The van der Waals surface area contributed by atoms with E-state index in [4.69, 9.17) is 0 Å². The lowest BCUT2D eigenvalue weighted by Gasteiger charge is -2.31. The first-order valence-corrected chi connectivity index (χ1v) is 14.4. The maximum Gasteiger partial charge on any atom is 0.393 e. The smallest absolute Gasteiger partial charge is 0.367 e. The zero-order valence-electron chi connectivity index (χ0n) is 24.5. The number of carbonyl (C=O) groups is 1. The third-order valence-corrected chi connectivity index (χ3v) is 7.66. The number of nitrogens with zero attached hydrogens (tertiary/aromatic N) is 4. The number of fused-ring (bicyclic) bond motifs is 1. The van der Waals surface area contributed by atoms with Crippen LogP contribution in [0.5, 0.6) is 0 Å².